The van der Waals surface area contributed by atoms with Gasteiger partial charge in [0.15, 0.2) is 0 Å². The zero-order chi connectivity index (χ0) is 14.5. The molecule has 104 valence electrons. The second-order valence-corrected chi connectivity index (χ2v) is 4.34. The van der Waals surface area contributed by atoms with Gasteiger partial charge < -0.3 is 5.11 Å². The van der Waals surface area contributed by atoms with Crippen LogP contribution >= 0.6 is 0 Å². The van der Waals surface area contributed by atoms with E-state index >= 15 is 0 Å². The third kappa shape index (κ3) is 3.19. The SMILES string of the molecule is CC1=NNC(=O)[C@@H]1CC(=O)N/N=C\c1ccccc1O. The molecular formula is C13H14N4O3. The van der Waals surface area contributed by atoms with Crippen molar-refractivity contribution in [3.05, 3.63) is 29.8 Å². The molecule has 0 aliphatic carbocycles. The fourth-order valence-corrected chi connectivity index (χ4v) is 1.73. The minimum atomic E-state index is -0.546. The van der Waals surface area contributed by atoms with E-state index in [-0.39, 0.29) is 18.1 Å². The Kier molecular flexibility index (Phi) is 4.09. The summed E-state index contributed by atoms with van der Waals surface area (Å²) in [5.74, 6) is -1.16. The van der Waals surface area contributed by atoms with Gasteiger partial charge in [0, 0.05) is 17.7 Å². The number of hydrogen-bond donors (Lipinski definition) is 3. The number of para-hydroxylation sites is 1. The van der Waals surface area contributed by atoms with E-state index in [1.165, 1.54) is 12.3 Å². The second kappa shape index (κ2) is 5.96. The Hall–Kier alpha value is -2.70. The molecule has 0 fully saturated rings. The van der Waals surface area contributed by atoms with Crippen LogP contribution in [0.25, 0.3) is 0 Å². The summed E-state index contributed by atoms with van der Waals surface area (Å²) in [5, 5.41) is 17.0. The van der Waals surface area contributed by atoms with Crippen molar-refractivity contribution >= 4 is 23.7 Å². The molecule has 1 aliphatic rings. The highest BCUT2D eigenvalue weighted by atomic mass is 16.3. The van der Waals surface area contributed by atoms with E-state index in [4.69, 9.17) is 0 Å². The molecule has 7 nitrogen and oxygen atoms in total. The van der Waals surface area contributed by atoms with Gasteiger partial charge in [0.2, 0.25) is 11.8 Å². The quantitative estimate of drug-likeness (QED) is 0.545. The Balaban J connectivity index is 1.88. The van der Waals surface area contributed by atoms with Crippen molar-refractivity contribution in [2.75, 3.05) is 0 Å². The molecule has 7 heteroatoms. The third-order valence-electron chi connectivity index (χ3n) is 2.88. The Morgan fingerprint density at radius 2 is 2.30 bits per heavy atom. The number of carbonyl (C=O) groups excluding carboxylic acids is 2. The van der Waals surface area contributed by atoms with E-state index in [0.29, 0.717) is 11.3 Å². The van der Waals surface area contributed by atoms with Crippen molar-refractivity contribution in [3.8, 4) is 5.75 Å². The van der Waals surface area contributed by atoms with E-state index < -0.39 is 11.8 Å². The number of benzene rings is 1. The zero-order valence-corrected chi connectivity index (χ0v) is 10.8. The van der Waals surface area contributed by atoms with Crippen LogP contribution in [-0.2, 0) is 9.59 Å². The van der Waals surface area contributed by atoms with Crippen LogP contribution in [-0.4, -0.2) is 28.8 Å². The molecule has 0 aromatic heterocycles. The molecule has 0 spiro atoms. The highest BCUT2D eigenvalue weighted by Crippen LogP contribution is 2.13. The number of rotatable bonds is 4. The van der Waals surface area contributed by atoms with Crippen molar-refractivity contribution in [3.63, 3.8) is 0 Å². The molecule has 0 bridgehead atoms. The van der Waals surface area contributed by atoms with Crippen molar-refractivity contribution in [1.29, 1.82) is 0 Å². The van der Waals surface area contributed by atoms with Gasteiger partial charge >= 0.3 is 0 Å². The largest absolute Gasteiger partial charge is 0.507 e. The zero-order valence-electron chi connectivity index (χ0n) is 10.8. The lowest BCUT2D eigenvalue weighted by molar-refractivity contribution is -0.127. The lowest BCUT2D eigenvalue weighted by atomic mass is 10.0. The van der Waals surface area contributed by atoms with Crippen LogP contribution in [0.3, 0.4) is 0 Å². The van der Waals surface area contributed by atoms with Gasteiger partial charge in [0.05, 0.1) is 12.1 Å². The fourth-order valence-electron chi connectivity index (χ4n) is 1.73. The predicted molar refractivity (Wildman–Crippen MR) is 73.2 cm³/mol. The Morgan fingerprint density at radius 3 is 2.95 bits per heavy atom. The first-order valence-corrected chi connectivity index (χ1v) is 6.02. The average molecular weight is 274 g/mol. The van der Waals surface area contributed by atoms with Gasteiger partial charge in [0.1, 0.15) is 5.75 Å². The number of hydrogen-bond acceptors (Lipinski definition) is 5. The van der Waals surface area contributed by atoms with Crippen molar-refractivity contribution in [2.24, 2.45) is 16.1 Å². The summed E-state index contributed by atoms with van der Waals surface area (Å²) < 4.78 is 0. The summed E-state index contributed by atoms with van der Waals surface area (Å²) in [6.07, 6.45) is 1.32. The molecule has 20 heavy (non-hydrogen) atoms. The fraction of sp³-hybridized carbons (Fsp3) is 0.231. The number of nitrogens with one attached hydrogen (secondary N) is 2. The molecule has 0 saturated carbocycles. The number of amides is 2. The molecule has 0 unspecified atom stereocenters. The molecule has 0 saturated heterocycles. The Bertz CT molecular complexity index is 595. The van der Waals surface area contributed by atoms with Crippen LogP contribution in [0.15, 0.2) is 34.5 Å². The van der Waals surface area contributed by atoms with E-state index in [0.717, 1.165) is 0 Å². The van der Waals surface area contributed by atoms with Gasteiger partial charge in [-0.25, -0.2) is 10.9 Å². The Morgan fingerprint density at radius 1 is 1.55 bits per heavy atom. The predicted octanol–water partition coefficient (Wildman–Crippen LogP) is 0.354. The van der Waals surface area contributed by atoms with Gasteiger partial charge in [-0.2, -0.15) is 10.2 Å². The molecule has 0 radical (unpaired) electrons. The average Bonchev–Trinajstić information content (AvgIpc) is 2.73. The van der Waals surface area contributed by atoms with Crippen LogP contribution < -0.4 is 10.9 Å². The van der Waals surface area contributed by atoms with Crippen LogP contribution in [0.5, 0.6) is 5.75 Å². The summed E-state index contributed by atoms with van der Waals surface area (Å²) in [5.41, 5.74) is 5.69. The molecule has 2 amide bonds. The topological polar surface area (TPSA) is 103 Å². The number of aromatic hydroxyl groups is 1. The van der Waals surface area contributed by atoms with Crippen LogP contribution in [0.4, 0.5) is 0 Å². The minimum absolute atomic E-state index is 0.0146. The molecule has 3 N–H and O–H groups in total. The summed E-state index contributed by atoms with van der Waals surface area (Å²) >= 11 is 0. The minimum Gasteiger partial charge on any atom is -0.507 e. The lowest BCUT2D eigenvalue weighted by Gasteiger charge is -2.05. The molecule has 1 aliphatic heterocycles. The maximum Gasteiger partial charge on any atom is 0.249 e. The molecule has 1 atom stereocenters. The summed E-state index contributed by atoms with van der Waals surface area (Å²) in [4.78, 5) is 23.0. The normalized spacial score (nSPS) is 17.9. The van der Waals surface area contributed by atoms with Crippen molar-refractivity contribution in [1.82, 2.24) is 10.9 Å². The standard InChI is InChI=1S/C13H14N4O3/c1-8-10(13(20)17-15-8)6-12(19)16-14-7-9-4-2-3-5-11(9)18/h2-5,7,10,18H,6H2,1H3,(H,16,19)(H,17,20)/b14-7-/t10-/m1/s1. The van der Waals surface area contributed by atoms with Crippen LogP contribution in [0.1, 0.15) is 18.9 Å². The first kappa shape index (κ1) is 13.7. The maximum atomic E-state index is 11.6. The molecule has 1 aromatic rings. The lowest BCUT2D eigenvalue weighted by Crippen LogP contribution is -2.29. The van der Waals surface area contributed by atoms with E-state index in [9.17, 15) is 14.7 Å². The number of nitrogens with zero attached hydrogens (tertiary/aromatic N) is 2. The number of carbonyl (C=O) groups is 2. The van der Waals surface area contributed by atoms with E-state index in [2.05, 4.69) is 21.1 Å². The second-order valence-electron chi connectivity index (χ2n) is 4.34. The van der Waals surface area contributed by atoms with Gasteiger partial charge in [-0.05, 0) is 19.1 Å². The molecule has 2 rings (SSSR count). The van der Waals surface area contributed by atoms with Crippen LogP contribution in [0, 0.1) is 5.92 Å². The number of hydrazone groups is 2. The van der Waals surface area contributed by atoms with Gasteiger partial charge in [-0.1, -0.05) is 12.1 Å². The summed E-state index contributed by atoms with van der Waals surface area (Å²) in [7, 11) is 0. The van der Waals surface area contributed by atoms with Crippen molar-refractivity contribution in [2.45, 2.75) is 13.3 Å². The first-order valence-electron chi connectivity index (χ1n) is 6.02. The van der Waals surface area contributed by atoms with E-state index in [1.54, 1.807) is 25.1 Å². The highest BCUT2D eigenvalue weighted by Gasteiger charge is 2.28. The van der Waals surface area contributed by atoms with E-state index in [1.807, 2.05) is 0 Å². The summed E-state index contributed by atoms with van der Waals surface area (Å²) in [6.45, 7) is 1.68. The molecule has 1 aromatic carbocycles. The first-order chi connectivity index (χ1) is 9.58. The smallest absolute Gasteiger partial charge is 0.249 e. The van der Waals surface area contributed by atoms with Gasteiger partial charge in [-0.15, -0.1) is 0 Å². The Labute approximate surface area is 115 Å². The summed E-state index contributed by atoms with van der Waals surface area (Å²) in [6, 6.07) is 6.61. The van der Waals surface area contributed by atoms with Gasteiger partial charge in [-0.3, -0.25) is 9.59 Å². The number of phenols is 1. The third-order valence-corrected chi connectivity index (χ3v) is 2.88. The van der Waals surface area contributed by atoms with Crippen LogP contribution in [0.2, 0.25) is 0 Å². The highest BCUT2D eigenvalue weighted by molar-refractivity contribution is 6.09. The van der Waals surface area contributed by atoms with Crippen molar-refractivity contribution < 1.29 is 14.7 Å². The molecule has 1 heterocycles. The maximum absolute atomic E-state index is 11.6. The monoisotopic (exact) mass is 274 g/mol. The van der Waals surface area contributed by atoms with Gasteiger partial charge in [0.25, 0.3) is 0 Å². The number of phenolic OH excluding ortho intramolecular Hbond substituents is 1. The molecular weight excluding hydrogens is 260 g/mol.